The molecular formula is C26H29ClN8. The summed E-state index contributed by atoms with van der Waals surface area (Å²) in [5.41, 5.74) is 4.84. The number of piperazine rings is 1. The van der Waals surface area contributed by atoms with Crippen molar-refractivity contribution in [1.82, 2.24) is 34.8 Å². The second-order valence-corrected chi connectivity index (χ2v) is 9.29. The van der Waals surface area contributed by atoms with Crippen molar-refractivity contribution in [2.45, 2.75) is 13.1 Å². The molecule has 1 aromatic carbocycles. The fourth-order valence-corrected chi connectivity index (χ4v) is 4.34. The Labute approximate surface area is 210 Å². The molecule has 5 rings (SSSR count). The zero-order valence-electron chi connectivity index (χ0n) is 19.8. The van der Waals surface area contributed by atoms with Crippen molar-refractivity contribution in [3.8, 4) is 0 Å². The Kier molecular flexibility index (Phi) is 7.32. The lowest BCUT2D eigenvalue weighted by Gasteiger charge is -2.31. The van der Waals surface area contributed by atoms with Gasteiger partial charge in [-0.3, -0.25) is 14.6 Å². The number of benzene rings is 1. The van der Waals surface area contributed by atoms with Crippen molar-refractivity contribution in [1.29, 1.82) is 0 Å². The summed E-state index contributed by atoms with van der Waals surface area (Å²) in [5.74, 6) is 0. The van der Waals surface area contributed by atoms with Gasteiger partial charge in [0.25, 0.3) is 0 Å². The van der Waals surface area contributed by atoms with Crippen LogP contribution in [-0.4, -0.2) is 74.5 Å². The number of nitrogens with one attached hydrogen (secondary N) is 1. The van der Waals surface area contributed by atoms with Crippen LogP contribution in [0, 0.1) is 0 Å². The summed E-state index contributed by atoms with van der Waals surface area (Å²) in [5, 5.41) is 13.9. The average molecular weight is 489 g/mol. The Morgan fingerprint density at radius 1 is 1.03 bits per heavy atom. The zero-order valence-corrected chi connectivity index (χ0v) is 20.6. The highest BCUT2D eigenvalue weighted by molar-refractivity contribution is 6.31. The maximum Gasteiger partial charge on any atom is 0.0967 e. The molecular weight excluding hydrogens is 460 g/mol. The van der Waals surface area contributed by atoms with Crippen LogP contribution in [-0.2, 0) is 13.1 Å². The molecule has 0 radical (unpaired) electrons. The third kappa shape index (κ3) is 6.22. The molecule has 3 aromatic heterocycles. The Bertz CT molecular complexity index is 1300. The second-order valence-electron chi connectivity index (χ2n) is 8.85. The third-order valence-corrected chi connectivity index (χ3v) is 6.40. The lowest BCUT2D eigenvalue weighted by molar-refractivity contribution is 0.147. The summed E-state index contributed by atoms with van der Waals surface area (Å²) in [6.45, 7) is 6.60. The van der Waals surface area contributed by atoms with Crippen LogP contribution in [0.25, 0.3) is 23.1 Å². The Morgan fingerprint density at radius 2 is 1.86 bits per heavy atom. The molecule has 1 aliphatic heterocycles. The SMILES string of the molecule is CN1CCN(Cc2cn(CCNc3cc(/C=C/c4ccncc4)nc4ccc(Cl)cc34)nn2)CC1. The molecule has 0 amide bonds. The number of pyridine rings is 2. The number of fused-ring (bicyclic) bond motifs is 1. The molecule has 0 bridgehead atoms. The summed E-state index contributed by atoms with van der Waals surface area (Å²) in [7, 11) is 2.17. The summed E-state index contributed by atoms with van der Waals surface area (Å²) in [6, 6.07) is 11.8. The normalized spacial score (nSPS) is 15.3. The van der Waals surface area contributed by atoms with Crippen molar-refractivity contribution in [3.63, 3.8) is 0 Å². The van der Waals surface area contributed by atoms with Gasteiger partial charge in [0.05, 0.1) is 23.4 Å². The van der Waals surface area contributed by atoms with Crippen LogP contribution < -0.4 is 5.32 Å². The van der Waals surface area contributed by atoms with Crippen LogP contribution in [0.15, 0.2) is 55.0 Å². The molecule has 35 heavy (non-hydrogen) atoms. The van der Waals surface area contributed by atoms with E-state index in [4.69, 9.17) is 16.6 Å². The first-order chi connectivity index (χ1) is 17.1. The van der Waals surface area contributed by atoms with Gasteiger partial charge in [0, 0.05) is 74.0 Å². The first-order valence-electron chi connectivity index (χ1n) is 11.8. The van der Waals surface area contributed by atoms with Crippen molar-refractivity contribution < 1.29 is 0 Å². The standard InChI is InChI=1S/C26H29ClN8/c1-33-12-14-34(15-13-33)18-23-19-35(32-31-23)11-10-29-26-17-22(4-2-20-6-8-28-9-7-20)30-25-5-3-21(27)16-24(25)26/h2-9,16-17,19H,10-15,18H2,1H3,(H,29,30)/b4-2+. The van der Waals surface area contributed by atoms with E-state index in [0.29, 0.717) is 18.1 Å². The Morgan fingerprint density at radius 3 is 2.69 bits per heavy atom. The summed E-state index contributed by atoms with van der Waals surface area (Å²) < 4.78 is 1.90. The topological polar surface area (TPSA) is 75.0 Å². The van der Waals surface area contributed by atoms with Gasteiger partial charge in [-0.2, -0.15) is 0 Å². The molecule has 9 heteroatoms. The quantitative estimate of drug-likeness (QED) is 0.403. The van der Waals surface area contributed by atoms with Crippen LogP contribution in [0.2, 0.25) is 5.02 Å². The first kappa shape index (κ1) is 23.4. The van der Waals surface area contributed by atoms with Crippen molar-refractivity contribution >= 4 is 40.3 Å². The van der Waals surface area contributed by atoms with Crippen LogP contribution >= 0.6 is 11.6 Å². The molecule has 0 aliphatic carbocycles. The van der Waals surface area contributed by atoms with E-state index in [1.807, 2.05) is 53.4 Å². The first-order valence-corrected chi connectivity index (χ1v) is 12.2. The number of aromatic nitrogens is 5. The van der Waals surface area contributed by atoms with Crippen molar-refractivity contribution in [2.24, 2.45) is 0 Å². The van der Waals surface area contributed by atoms with Gasteiger partial charge in [0.2, 0.25) is 0 Å². The molecule has 180 valence electrons. The number of anilines is 1. The molecule has 4 heterocycles. The minimum Gasteiger partial charge on any atom is -0.383 e. The lowest BCUT2D eigenvalue weighted by Crippen LogP contribution is -2.43. The average Bonchev–Trinajstić information content (AvgIpc) is 3.32. The van der Waals surface area contributed by atoms with Crippen LogP contribution in [0.1, 0.15) is 17.0 Å². The molecule has 0 saturated carbocycles. The van der Waals surface area contributed by atoms with Gasteiger partial charge < -0.3 is 10.2 Å². The van der Waals surface area contributed by atoms with Crippen molar-refractivity contribution in [2.75, 3.05) is 45.1 Å². The Hall–Kier alpha value is -3.33. The molecule has 0 spiro atoms. The Balaban J connectivity index is 1.26. The van der Waals surface area contributed by atoms with Crippen molar-refractivity contribution in [3.05, 3.63) is 77.0 Å². The number of likely N-dealkylation sites (N-methyl/N-ethyl adjacent to an activating group) is 1. The highest BCUT2D eigenvalue weighted by Crippen LogP contribution is 2.27. The predicted molar refractivity (Wildman–Crippen MR) is 141 cm³/mol. The molecule has 4 aromatic rings. The maximum absolute atomic E-state index is 6.29. The molecule has 1 fully saturated rings. The predicted octanol–water partition coefficient (Wildman–Crippen LogP) is 3.90. The van der Waals surface area contributed by atoms with Gasteiger partial charge in [0.15, 0.2) is 0 Å². The van der Waals surface area contributed by atoms with E-state index in [2.05, 4.69) is 43.5 Å². The minimum absolute atomic E-state index is 0.687. The highest BCUT2D eigenvalue weighted by Gasteiger charge is 2.15. The largest absolute Gasteiger partial charge is 0.383 e. The zero-order chi connectivity index (χ0) is 24.0. The van der Waals surface area contributed by atoms with Crippen LogP contribution in [0.3, 0.4) is 0 Å². The van der Waals surface area contributed by atoms with E-state index in [1.54, 1.807) is 12.4 Å². The fourth-order valence-electron chi connectivity index (χ4n) is 4.17. The second kappa shape index (κ2) is 10.9. The van der Waals surface area contributed by atoms with E-state index in [-0.39, 0.29) is 0 Å². The van der Waals surface area contributed by atoms with Crippen LogP contribution in [0.4, 0.5) is 5.69 Å². The lowest BCUT2D eigenvalue weighted by atomic mass is 10.1. The molecule has 1 saturated heterocycles. The fraction of sp³-hybridized carbons (Fsp3) is 0.308. The molecule has 1 aliphatic rings. The minimum atomic E-state index is 0.687. The van der Waals surface area contributed by atoms with Gasteiger partial charge in [-0.25, -0.2) is 4.98 Å². The molecule has 1 N–H and O–H groups in total. The van der Waals surface area contributed by atoms with E-state index >= 15 is 0 Å². The van der Waals surface area contributed by atoms with E-state index in [9.17, 15) is 0 Å². The maximum atomic E-state index is 6.29. The smallest absolute Gasteiger partial charge is 0.0967 e. The monoisotopic (exact) mass is 488 g/mol. The van der Waals surface area contributed by atoms with Gasteiger partial charge in [-0.05, 0) is 55.1 Å². The number of nitrogens with zero attached hydrogens (tertiary/aromatic N) is 7. The summed E-state index contributed by atoms with van der Waals surface area (Å²) in [6.07, 6.45) is 9.65. The number of halogens is 1. The summed E-state index contributed by atoms with van der Waals surface area (Å²) in [4.78, 5) is 13.6. The number of rotatable bonds is 8. The third-order valence-electron chi connectivity index (χ3n) is 6.17. The number of hydrogen-bond donors (Lipinski definition) is 1. The van der Waals surface area contributed by atoms with Gasteiger partial charge >= 0.3 is 0 Å². The van der Waals surface area contributed by atoms with E-state index in [1.165, 1.54) is 0 Å². The van der Waals surface area contributed by atoms with Gasteiger partial charge in [-0.1, -0.05) is 22.9 Å². The van der Waals surface area contributed by atoms with Gasteiger partial charge in [0.1, 0.15) is 0 Å². The number of hydrogen-bond acceptors (Lipinski definition) is 7. The van der Waals surface area contributed by atoms with Gasteiger partial charge in [-0.15, -0.1) is 5.10 Å². The van der Waals surface area contributed by atoms with E-state index < -0.39 is 0 Å². The van der Waals surface area contributed by atoms with Crippen LogP contribution in [0.5, 0.6) is 0 Å². The van der Waals surface area contributed by atoms with E-state index in [0.717, 1.165) is 66.3 Å². The molecule has 0 unspecified atom stereocenters. The molecule has 8 nitrogen and oxygen atoms in total. The highest BCUT2D eigenvalue weighted by atomic mass is 35.5. The summed E-state index contributed by atoms with van der Waals surface area (Å²) >= 11 is 6.29. The molecule has 0 atom stereocenters.